The van der Waals surface area contributed by atoms with Gasteiger partial charge in [-0.3, -0.25) is 0 Å². The van der Waals surface area contributed by atoms with Crippen LogP contribution in [0.4, 0.5) is 0 Å². The topological polar surface area (TPSA) is 58.3 Å². The molecule has 1 aliphatic heterocycles. The second-order valence-electron chi connectivity index (χ2n) is 8.38. The molecular formula is C25H23N3O3. The number of esters is 1. The summed E-state index contributed by atoms with van der Waals surface area (Å²) in [5, 5.41) is 1.20. The van der Waals surface area contributed by atoms with Crippen molar-refractivity contribution in [2.24, 2.45) is 5.92 Å². The molecule has 1 fully saturated rings. The van der Waals surface area contributed by atoms with Gasteiger partial charge in [-0.1, -0.05) is 24.8 Å². The Morgan fingerprint density at radius 1 is 1.29 bits per heavy atom. The van der Waals surface area contributed by atoms with Crippen LogP contribution in [0.15, 0.2) is 43.0 Å². The highest BCUT2D eigenvalue weighted by atomic mass is 16.5. The van der Waals surface area contributed by atoms with Crippen molar-refractivity contribution >= 4 is 34.0 Å². The molecule has 6 nitrogen and oxygen atoms in total. The zero-order valence-corrected chi connectivity index (χ0v) is 17.4. The van der Waals surface area contributed by atoms with Crippen molar-refractivity contribution < 1.29 is 14.3 Å². The van der Waals surface area contributed by atoms with Gasteiger partial charge in [0.15, 0.2) is 5.82 Å². The van der Waals surface area contributed by atoms with Crippen LogP contribution in [-0.2, 0) is 17.8 Å². The monoisotopic (exact) mass is 413 g/mol. The molecule has 0 saturated heterocycles. The third-order valence-corrected chi connectivity index (χ3v) is 6.33. The van der Waals surface area contributed by atoms with E-state index in [4.69, 9.17) is 14.5 Å². The summed E-state index contributed by atoms with van der Waals surface area (Å²) in [5.74, 6) is 1.93. The summed E-state index contributed by atoms with van der Waals surface area (Å²) in [6.07, 6.45) is 4.44. The van der Waals surface area contributed by atoms with Gasteiger partial charge < -0.3 is 18.6 Å². The zero-order chi connectivity index (χ0) is 21.1. The van der Waals surface area contributed by atoms with Gasteiger partial charge >= 0.3 is 5.97 Å². The van der Waals surface area contributed by atoms with E-state index in [0.29, 0.717) is 17.9 Å². The molecule has 1 saturated carbocycles. The molecule has 1 aliphatic carbocycles. The number of benzene rings is 2. The summed E-state index contributed by atoms with van der Waals surface area (Å²) in [7, 11) is 1.39. The lowest BCUT2D eigenvalue weighted by Crippen LogP contribution is -2.16. The fraction of sp³-hybridized carbons (Fsp3) is 0.280. The van der Waals surface area contributed by atoms with Crippen LogP contribution in [0.3, 0.4) is 0 Å². The van der Waals surface area contributed by atoms with E-state index in [9.17, 15) is 4.79 Å². The number of hydrogen-bond donors (Lipinski definition) is 0. The number of rotatable bonds is 5. The number of hydrogen-bond acceptors (Lipinski definition) is 4. The number of nitrogens with zero attached hydrogens (tertiary/aromatic N) is 3. The van der Waals surface area contributed by atoms with Crippen molar-refractivity contribution in [2.75, 3.05) is 13.7 Å². The minimum Gasteiger partial charge on any atom is -0.489 e. The van der Waals surface area contributed by atoms with Crippen LogP contribution >= 0.6 is 0 Å². The van der Waals surface area contributed by atoms with Gasteiger partial charge in [-0.15, -0.1) is 0 Å². The first-order valence-electron chi connectivity index (χ1n) is 10.7. The number of fused-ring (bicyclic) bond motifs is 1. The van der Waals surface area contributed by atoms with Gasteiger partial charge in [0.1, 0.15) is 17.9 Å². The molecule has 0 amide bonds. The molecule has 31 heavy (non-hydrogen) atoms. The van der Waals surface area contributed by atoms with Gasteiger partial charge in [-0.2, -0.15) is 0 Å². The van der Waals surface area contributed by atoms with Gasteiger partial charge in [0.2, 0.25) is 0 Å². The molecule has 0 spiro atoms. The van der Waals surface area contributed by atoms with Crippen molar-refractivity contribution in [1.29, 1.82) is 0 Å². The van der Waals surface area contributed by atoms with Crippen molar-refractivity contribution in [1.82, 2.24) is 14.1 Å². The summed E-state index contributed by atoms with van der Waals surface area (Å²) in [6.45, 7) is 6.18. The first-order chi connectivity index (χ1) is 15.2. The van der Waals surface area contributed by atoms with Crippen LogP contribution in [0.5, 0.6) is 5.75 Å². The molecule has 0 radical (unpaired) electrons. The van der Waals surface area contributed by atoms with Crippen molar-refractivity contribution in [3.8, 4) is 17.3 Å². The Morgan fingerprint density at radius 3 is 2.94 bits per heavy atom. The molecule has 0 N–H and O–H groups in total. The Hall–Kier alpha value is -3.54. The van der Waals surface area contributed by atoms with Crippen molar-refractivity contribution in [3.05, 3.63) is 54.1 Å². The standard InChI is InChI=1S/C25H23N3O3/c1-3-15-6-7-17-12-21(28(20(17)10-15)14-16-4-5-16)24-26-19-11-18(25(29)30-2)13-22-23(19)27(24)8-9-31-22/h3,6-7,10-13,16H,1,4-5,8-9,14H2,2H3. The number of methoxy groups -OCH3 is 1. The Morgan fingerprint density at radius 2 is 2.16 bits per heavy atom. The highest BCUT2D eigenvalue weighted by Gasteiger charge is 2.28. The van der Waals surface area contributed by atoms with E-state index in [-0.39, 0.29) is 5.97 Å². The Kier molecular flexibility index (Phi) is 3.96. The predicted molar refractivity (Wildman–Crippen MR) is 120 cm³/mol. The number of ether oxygens (including phenoxy) is 2. The number of carbonyl (C=O) groups excluding carboxylic acids is 1. The second-order valence-corrected chi connectivity index (χ2v) is 8.38. The highest BCUT2D eigenvalue weighted by molar-refractivity contribution is 5.98. The molecular weight excluding hydrogens is 390 g/mol. The Balaban J connectivity index is 1.60. The van der Waals surface area contributed by atoms with Crippen LogP contribution in [0.25, 0.3) is 39.5 Å². The lowest BCUT2D eigenvalue weighted by Gasteiger charge is -2.19. The molecule has 6 heteroatoms. The summed E-state index contributed by atoms with van der Waals surface area (Å²) in [4.78, 5) is 17.1. The molecule has 3 heterocycles. The SMILES string of the molecule is C=Cc1ccc2cc(-c3nc4cc(C(=O)OC)cc5c4n3CCO5)n(CC3CC3)c2c1. The molecule has 2 aromatic carbocycles. The second kappa shape index (κ2) is 6.74. The first kappa shape index (κ1) is 18.2. The van der Waals surface area contributed by atoms with Gasteiger partial charge in [0, 0.05) is 17.4 Å². The zero-order valence-electron chi connectivity index (χ0n) is 17.4. The van der Waals surface area contributed by atoms with E-state index in [1.807, 2.05) is 6.08 Å². The molecule has 0 atom stereocenters. The highest BCUT2D eigenvalue weighted by Crippen LogP contribution is 2.39. The van der Waals surface area contributed by atoms with Gasteiger partial charge in [-0.05, 0) is 48.6 Å². The van der Waals surface area contributed by atoms with E-state index >= 15 is 0 Å². The Labute approximate surface area is 179 Å². The number of imidazole rings is 1. The van der Waals surface area contributed by atoms with E-state index in [1.54, 1.807) is 12.1 Å². The predicted octanol–water partition coefficient (Wildman–Crippen LogP) is 4.89. The third-order valence-electron chi connectivity index (χ3n) is 6.33. The summed E-state index contributed by atoms with van der Waals surface area (Å²) in [5.41, 5.74) is 5.57. The van der Waals surface area contributed by atoms with E-state index in [2.05, 4.69) is 40.0 Å². The fourth-order valence-corrected chi connectivity index (χ4v) is 4.57. The molecule has 2 aliphatic rings. The molecule has 2 aromatic heterocycles. The van der Waals surface area contributed by atoms with Crippen LogP contribution in [-0.4, -0.2) is 33.8 Å². The first-order valence-corrected chi connectivity index (χ1v) is 10.7. The maximum atomic E-state index is 12.1. The number of aromatic nitrogens is 3. The molecule has 0 unspecified atom stereocenters. The van der Waals surface area contributed by atoms with Crippen molar-refractivity contribution in [2.45, 2.75) is 25.9 Å². The minimum absolute atomic E-state index is 0.386. The van der Waals surface area contributed by atoms with Gasteiger partial charge in [0.05, 0.1) is 30.4 Å². The van der Waals surface area contributed by atoms with E-state index in [0.717, 1.165) is 47.1 Å². The molecule has 0 bridgehead atoms. The molecule has 6 rings (SSSR count). The van der Waals surface area contributed by atoms with Crippen LogP contribution in [0.1, 0.15) is 28.8 Å². The maximum Gasteiger partial charge on any atom is 0.338 e. The van der Waals surface area contributed by atoms with E-state index in [1.165, 1.54) is 30.9 Å². The third kappa shape index (κ3) is 2.86. The van der Waals surface area contributed by atoms with Gasteiger partial charge in [-0.25, -0.2) is 9.78 Å². The molecule has 156 valence electrons. The van der Waals surface area contributed by atoms with Crippen LogP contribution in [0, 0.1) is 5.92 Å². The minimum atomic E-state index is -0.386. The Bertz CT molecular complexity index is 1370. The smallest absolute Gasteiger partial charge is 0.338 e. The summed E-state index contributed by atoms with van der Waals surface area (Å²) in [6, 6.07) is 12.2. The largest absolute Gasteiger partial charge is 0.489 e. The normalized spacial score (nSPS) is 15.3. The van der Waals surface area contributed by atoms with E-state index < -0.39 is 0 Å². The van der Waals surface area contributed by atoms with Crippen LogP contribution in [0.2, 0.25) is 0 Å². The lowest BCUT2D eigenvalue weighted by molar-refractivity contribution is 0.0600. The van der Waals surface area contributed by atoms with Crippen molar-refractivity contribution in [3.63, 3.8) is 0 Å². The lowest BCUT2D eigenvalue weighted by atomic mass is 10.1. The average molecular weight is 413 g/mol. The average Bonchev–Trinajstić information content (AvgIpc) is 3.45. The summed E-state index contributed by atoms with van der Waals surface area (Å²) >= 11 is 0. The maximum absolute atomic E-state index is 12.1. The van der Waals surface area contributed by atoms with Crippen LogP contribution < -0.4 is 4.74 Å². The quantitative estimate of drug-likeness (QED) is 0.437. The molecule has 4 aromatic rings. The number of carbonyl (C=O) groups is 1. The summed E-state index contributed by atoms with van der Waals surface area (Å²) < 4.78 is 15.4. The van der Waals surface area contributed by atoms with Gasteiger partial charge in [0.25, 0.3) is 0 Å². The fourth-order valence-electron chi connectivity index (χ4n) is 4.57.